The standard InChI is InChI=1S/C28H30N4O3SSi/c1-37(2,3)23-13-20(15-30-17-23)18-35-28(34)31-16-19-6-8-21(9-7-19)27(33)32-25-14-22(10-11-24(25)29)26-5-4-12-36-26/h4-15,17H,16,18,29H2,1-3H3,(H,31,34)(H,32,33). The smallest absolute Gasteiger partial charge is 0.407 e. The highest BCUT2D eigenvalue weighted by atomic mass is 32.1. The van der Waals surface area contributed by atoms with E-state index < -0.39 is 14.2 Å². The number of rotatable bonds is 8. The summed E-state index contributed by atoms with van der Waals surface area (Å²) in [6.45, 7) is 7.18. The van der Waals surface area contributed by atoms with Crippen molar-refractivity contribution in [1.82, 2.24) is 10.3 Å². The predicted octanol–water partition coefficient (Wildman–Crippen LogP) is 5.62. The molecule has 0 unspecified atom stereocenters. The number of nitrogen functional groups attached to an aromatic ring is 1. The average molecular weight is 531 g/mol. The normalized spacial score (nSPS) is 11.1. The molecule has 0 radical (unpaired) electrons. The lowest BCUT2D eigenvalue weighted by Crippen LogP contribution is -2.38. The fourth-order valence-electron chi connectivity index (χ4n) is 3.58. The van der Waals surface area contributed by atoms with Crippen LogP contribution in [-0.4, -0.2) is 25.1 Å². The number of hydrogen-bond donors (Lipinski definition) is 3. The fourth-order valence-corrected chi connectivity index (χ4v) is 5.38. The minimum atomic E-state index is -1.49. The highest BCUT2D eigenvalue weighted by molar-refractivity contribution is 7.13. The van der Waals surface area contributed by atoms with Gasteiger partial charge in [0.25, 0.3) is 5.91 Å². The summed E-state index contributed by atoms with van der Waals surface area (Å²) in [7, 11) is -1.49. The lowest BCUT2D eigenvalue weighted by atomic mass is 10.1. The highest BCUT2D eigenvalue weighted by Gasteiger charge is 2.17. The van der Waals surface area contributed by atoms with Gasteiger partial charge in [0.1, 0.15) is 6.61 Å². The van der Waals surface area contributed by atoms with E-state index in [1.54, 1.807) is 47.9 Å². The Kier molecular flexibility index (Phi) is 8.05. The van der Waals surface area contributed by atoms with Crippen LogP contribution < -0.4 is 21.6 Å². The SMILES string of the molecule is C[Si](C)(C)c1cncc(COC(=O)NCc2ccc(C(=O)Nc3cc(-c4cccs4)ccc3N)cc2)c1. The van der Waals surface area contributed by atoms with Gasteiger partial charge < -0.3 is 21.1 Å². The van der Waals surface area contributed by atoms with Crippen molar-refractivity contribution >= 4 is 48.0 Å². The van der Waals surface area contributed by atoms with Crippen LogP contribution in [0.1, 0.15) is 21.5 Å². The Morgan fingerprint density at radius 3 is 2.49 bits per heavy atom. The Labute approximate surface area is 221 Å². The summed E-state index contributed by atoms with van der Waals surface area (Å²) >= 11 is 1.62. The summed E-state index contributed by atoms with van der Waals surface area (Å²) < 4.78 is 5.34. The molecular weight excluding hydrogens is 500 g/mol. The number of anilines is 2. The Balaban J connectivity index is 1.29. The molecule has 2 amide bonds. The van der Waals surface area contributed by atoms with Crippen LogP contribution in [0.3, 0.4) is 0 Å². The molecule has 0 spiro atoms. The number of carbonyl (C=O) groups is 2. The van der Waals surface area contributed by atoms with Crippen molar-refractivity contribution in [3.05, 3.63) is 95.1 Å². The zero-order valence-corrected chi connectivity index (χ0v) is 22.9. The number of benzene rings is 2. The number of aromatic nitrogens is 1. The van der Waals surface area contributed by atoms with Crippen LogP contribution in [0.25, 0.3) is 10.4 Å². The molecule has 4 rings (SSSR count). The molecule has 190 valence electrons. The van der Waals surface area contributed by atoms with Crippen molar-refractivity contribution in [2.45, 2.75) is 32.8 Å². The van der Waals surface area contributed by atoms with Crippen molar-refractivity contribution in [3.8, 4) is 10.4 Å². The van der Waals surface area contributed by atoms with Gasteiger partial charge in [0, 0.05) is 34.9 Å². The van der Waals surface area contributed by atoms with Crippen LogP contribution in [0.5, 0.6) is 0 Å². The molecule has 0 fully saturated rings. The molecule has 0 saturated heterocycles. The van der Waals surface area contributed by atoms with E-state index in [1.165, 1.54) is 5.19 Å². The molecule has 0 saturated carbocycles. The number of pyridine rings is 1. The van der Waals surface area contributed by atoms with Crippen LogP contribution >= 0.6 is 11.3 Å². The van der Waals surface area contributed by atoms with E-state index in [0.717, 1.165) is 21.6 Å². The molecule has 9 heteroatoms. The second-order valence-corrected chi connectivity index (χ2v) is 15.7. The van der Waals surface area contributed by atoms with Gasteiger partial charge in [-0.3, -0.25) is 9.78 Å². The van der Waals surface area contributed by atoms with Gasteiger partial charge in [0.05, 0.1) is 19.4 Å². The van der Waals surface area contributed by atoms with Crippen LogP contribution in [0, 0.1) is 0 Å². The van der Waals surface area contributed by atoms with E-state index >= 15 is 0 Å². The quantitative estimate of drug-likeness (QED) is 0.203. The maximum atomic E-state index is 12.8. The molecule has 2 aromatic carbocycles. The van der Waals surface area contributed by atoms with Gasteiger partial charge in [-0.05, 0) is 52.0 Å². The predicted molar refractivity (Wildman–Crippen MR) is 153 cm³/mol. The third-order valence-corrected chi connectivity index (χ3v) is 8.72. The first kappa shape index (κ1) is 26.1. The molecule has 7 nitrogen and oxygen atoms in total. The number of ether oxygens (including phenoxy) is 1. The third kappa shape index (κ3) is 7.05. The van der Waals surface area contributed by atoms with Gasteiger partial charge in [0.15, 0.2) is 0 Å². The minimum Gasteiger partial charge on any atom is -0.445 e. The molecule has 4 aromatic rings. The highest BCUT2D eigenvalue weighted by Crippen LogP contribution is 2.30. The van der Waals surface area contributed by atoms with Crippen LogP contribution in [0.2, 0.25) is 19.6 Å². The van der Waals surface area contributed by atoms with Crippen molar-refractivity contribution in [1.29, 1.82) is 0 Å². The number of carbonyl (C=O) groups excluding carboxylic acids is 2. The van der Waals surface area contributed by atoms with E-state index in [1.807, 2.05) is 35.8 Å². The lowest BCUT2D eigenvalue weighted by molar-refractivity contribution is 0.102. The maximum absolute atomic E-state index is 12.8. The summed E-state index contributed by atoms with van der Waals surface area (Å²) in [5, 5.41) is 8.86. The van der Waals surface area contributed by atoms with Gasteiger partial charge in [0.2, 0.25) is 0 Å². The average Bonchev–Trinajstić information content (AvgIpc) is 3.42. The first-order chi connectivity index (χ1) is 17.7. The van der Waals surface area contributed by atoms with Gasteiger partial charge >= 0.3 is 6.09 Å². The van der Waals surface area contributed by atoms with E-state index in [0.29, 0.717) is 16.9 Å². The van der Waals surface area contributed by atoms with Gasteiger partial charge in [-0.15, -0.1) is 11.3 Å². The largest absolute Gasteiger partial charge is 0.445 e. The molecule has 0 atom stereocenters. The first-order valence-corrected chi connectivity index (χ1v) is 16.3. The summed E-state index contributed by atoms with van der Waals surface area (Å²) in [6, 6.07) is 18.7. The number of hydrogen-bond acceptors (Lipinski definition) is 6. The van der Waals surface area contributed by atoms with E-state index in [9.17, 15) is 9.59 Å². The van der Waals surface area contributed by atoms with Crippen LogP contribution in [0.4, 0.5) is 16.2 Å². The molecule has 37 heavy (non-hydrogen) atoms. The van der Waals surface area contributed by atoms with E-state index in [-0.39, 0.29) is 19.1 Å². The Bertz CT molecular complexity index is 1380. The zero-order chi connectivity index (χ0) is 26.4. The lowest BCUT2D eigenvalue weighted by Gasteiger charge is -2.16. The van der Waals surface area contributed by atoms with E-state index in [2.05, 4.69) is 41.3 Å². The topological polar surface area (TPSA) is 106 Å². The number of thiophene rings is 1. The second kappa shape index (κ2) is 11.4. The molecule has 2 heterocycles. The molecule has 4 N–H and O–H groups in total. The molecule has 0 bridgehead atoms. The minimum absolute atomic E-state index is 0.160. The third-order valence-electron chi connectivity index (χ3n) is 5.79. The number of nitrogens with zero attached hydrogens (tertiary/aromatic N) is 1. The van der Waals surface area contributed by atoms with Crippen molar-refractivity contribution < 1.29 is 14.3 Å². The molecule has 0 aliphatic heterocycles. The number of nitrogens with one attached hydrogen (secondary N) is 2. The van der Waals surface area contributed by atoms with Crippen molar-refractivity contribution in [2.24, 2.45) is 0 Å². The Morgan fingerprint density at radius 1 is 1.00 bits per heavy atom. The second-order valence-electron chi connectivity index (χ2n) is 9.69. The van der Waals surface area contributed by atoms with E-state index in [4.69, 9.17) is 10.5 Å². The Morgan fingerprint density at radius 2 is 1.78 bits per heavy atom. The van der Waals surface area contributed by atoms with Crippen molar-refractivity contribution in [3.63, 3.8) is 0 Å². The summed E-state index contributed by atoms with van der Waals surface area (Å²) in [6.07, 6.45) is 3.09. The number of alkyl carbamates (subject to hydrolysis) is 1. The van der Waals surface area contributed by atoms with Crippen molar-refractivity contribution in [2.75, 3.05) is 11.1 Å². The number of nitrogens with two attached hydrogens (primary N) is 1. The maximum Gasteiger partial charge on any atom is 0.407 e. The summed E-state index contributed by atoms with van der Waals surface area (Å²) in [4.78, 5) is 30.3. The molecule has 2 aromatic heterocycles. The Hall–Kier alpha value is -3.95. The molecular formula is C28H30N4O3SSi. The zero-order valence-electron chi connectivity index (χ0n) is 21.1. The fraction of sp³-hybridized carbons (Fsp3) is 0.179. The van der Waals surface area contributed by atoms with Gasteiger partial charge in [-0.25, -0.2) is 4.79 Å². The monoisotopic (exact) mass is 530 g/mol. The van der Waals surface area contributed by atoms with Gasteiger partial charge in [-0.2, -0.15) is 0 Å². The van der Waals surface area contributed by atoms with Crippen LogP contribution in [0.15, 0.2) is 78.4 Å². The first-order valence-electron chi connectivity index (χ1n) is 11.9. The summed E-state index contributed by atoms with van der Waals surface area (Å²) in [5.41, 5.74) is 10.3. The summed E-state index contributed by atoms with van der Waals surface area (Å²) in [5.74, 6) is -0.261. The van der Waals surface area contributed by atoms with Crippen LogP contribution in [-0.2, 0) is 17.9 Å². The molecule has 0 aliphatic carbocycles. The number of amides is 2. The van der Waals surface area contributed by atoms with Gasteiger partial charge in [-0.1, -0.05) is 50.0 Å². The molecule has 0 aliphatic rings.